The monoisotopic (exact) mass is 345 g/mol. The van der Waals surface area contributed by atoms with Crippen molar-refractivity contribution in [2.24, 2.45) is 0 Å². The van der Waals surface area contributed by atoms with Gasteiger partial charge >= 0.3 is 5.97 Å². The molecule has 0 N–H and O–H groups in total. The van der Waals surface area contributed by atoms with E-state index in [0.717, 1.165) is 6.07 Å². The zero-order chi connectivity index (χ0) is 12.3. The van der Waals surface area contributed by atoms with E-state index in [1.165, 1.54) is 22.6 Å². The number of nitrogens with zero attached hydrogens (tertiary/aromatic N) is 1. The minimum atomic E-state index is -2.93. The van der Waals surface area contributed by atoms with Crippen LogP contribution in [-0.2, 0) is 4.74 Å². The average Bonchev–Trinajstić information content (AvgIpc) is 2.21. The molecule has 88 valence electrons. The van der Waals surface area contributed by atoms with E-state index in [1.807, 2.05) is 0 Å². The van der Waals surface area contributed by atoms with Crippen molar-refractivity contribution >= 4 is 28.6 Å². The summed E-state index contributed by atoms with van der Waals surface area (Å²) >= 11 is 1.52. The van der Waals surface area contributed by atoms with Crippen LogP contribution in [0.3, 0.4) is 0 Å². The average molecular weight is 345 g/mol. The summed E-state index contributed by atoms with van der Waals surface area (Å²) in [7, 11) is 0. The van der Waals surface area contributed by atoms with Gasteiger partial charge in [0.25, 0.3) is 6.43 Å². The lowest BCUT2D eigenvalue weighted by Crippen LogP contribution is -2.11. The number of carbonyl (C=O) groups is 1. The summed E-state index contributed by atoms with van der Waals surface area (Å²) in [5.74, 6) is -1.93. The van der Waals surface area contributed by atoms with Gasteiger partial charge in [0.15, 0.2) is 0 Å². The van der Waals surface area contributed by atoms with Gasteiger partial charge in [-0.1, -0.05) is 0 Å². The third-order valence-electron chi connectivity index (χ3n) is 1.66. The van der Waals surface area contributed by atoms with Crippen molar-refractivity contribution in [3.05, 3.63) is 26.8 Å². The Bertz CT molecular complexity index is 412. The molecule has 0 fully saturated rings. The summed E-state index contributed by atoms with van der Waals surface area (Å²) in [6, 6.07) is 0.841. The number of esters is 1. The third-order valence-corrected chi connectivity index (χ3v) is 2.68. The maximum atomic E-state index is 13.1. The Labute approximate surface area is 103 Å². The number of alkyl halides is 2. The predicted octanol–water partition coefficient (Wildman–Crippen LogP) is 2.94. The second-order valence-corrected chi connectivity index (χ2v) is 3.80. The van der Waals surface area contributed by atoms with Crippen LogP contribution >= 0.6 is 22.6 Å². The molecule has 0 saturated carbocycles. The molecular weight excluding hydrogens is 338 g/mol. The number of aromatic nitrogens is 1. The van der Waals surface area contributed by atoms with Crippen LogP contribution in [0.4, 0.5) is 13.2 Å². The van der Waals surface area contributed by atoms with E-state index in [4.69, 9.17) is 0 Å². The molecule has 16 heavy (non-hydrogen) atoms. The van der Waals surface area contributed by atoms with Gasteiger partial charge in [-0.15, -0.1) is 0 Å². The van der Waals surface area contributed by atoms with Crippen LogP contribution in [0.1, 0.15) is 29.4 Å². The van der Waals surface area contributed by atoms with E-state index in [1.54, 1.807) is 6.92 Å². The number of carbonyl (C=O) groups excluding carboxylic acids is 1. The van der Waals surface area contributed by atoms with Gasteiger partial charge in [-0.05, 0) is 35.6 Å². The Hall–Kier alpha value is -0.860. The largest absolute Gasteiger partial charge is 0.462 e. The maximum absolute atomic E-state index is 13.1. The highest BCUT2D eigenvalue weighted by Gasteiger charge is 2.20. The number of hydrogen-bond acceptors (Lipinski definition) is 3. The molecule has 0 spiro atoms. The van der Waals surface area contributed by atoms with Gasteiger partial charge in [0, 0.05) is 0 Å². The minimum absolute atomic E-state index is 0.0862. The van der Waals surface area contributed by atoms with Gasteiger partial charge < -0.3 is 4.74 Å². The lowest BCUT2D eigenvalue weighted by molar-refractivity contribution is 0.0523. The van der Waals surface area contributed by atoms with Crippen molar-refractivity contribution in [1.82, 2.24) is 4.98 Å². The predicted molar refractivity (Wildman–Crippen MR) is 57.8 cm³/mol. The summed E-state index contributed by atoms with van der Waals surface area (Å²) in [5, 5.41) is 0. The molecular formula is C9H7F3INO2. The van der Waals surface area contributed by atoms with Gasteiger partial charge in [-0.25, -0.2) is 18.6 Å². The topological polar surface area (TPSA) is 39.2 Å². The van der Waals surface area contributed by atoms with Crippen LogP contribution in [0.5, 0.6) is 0 Å². The summed E-state index contributed by atoms with van der Waals surface area (Å²) in [6.45, 7) is 1.65. The fourth-order valence-corrected chi connectivity index (χ4v) is 1.48. The molecule has 0 aliphatic rings. The first-order valence-corrected chi connectivity index (χ1v) is 5.36. The molecule has 0 atom stereocenters. The number of ether oxygens (including phenoxy) is 1. The number of pyridine rings is 1. The van der Waals surface area contributed by atoms with Gasteiger partial charge in [-0.3, -0.25) is 0 Å². The van der Waals surface area contributed by atoms with Crippen LogP contribution in [0.25, 0.3) is 0 Å². The highest BCUT2D eigenvalue weighted by Crippen LogP contribution is 2.23. The smallest absolute Gasteiger partial charge is 0.339 e. The van der Waals surface area contributed by atoms with Crippen LogP contribution < -0.4 is 0 Å². The number of hydrogen-bond donors (Lipinski definition) is 0. The minimum Gasteiger partial charge on any atom is -0.462 e. The molecule has 0 bridgehead atoms. The zero-order valence-corrected chi connectivity index (χ0v) is 10.3. The van der Waals surface area contributed by atoms with E-state index >= 15 is 0 Å². The van der Waals surface area contributed by atoms with E-state index in [2.05, 4.69) is 9.72 Å². The molecule has 0 radical (unpaired) electrons. The van der Waals surface area contributed by atoms with E-state index in [0.29, 0.717) is 0 Å². The van der Waals surface area contributed by atoms with Crippen molar-refractivity contribution in [2.45, 2.75) is 13.3 Å². The second kappa shape index (κ2) is 5.46. The summed E-state index contributed by atoms with van der Waals surface area (Å²) < 4.78 is 42.3. The molecule has 0 aliphatic heterocycles. The van der Waals surface area contributed by atoms with Crippen molar-refractivity contribution in [1.29, 1.82) is 0 Å². The maximum Gasteiger partial charge on any atom is 0.339 e. The van der Waals surface area contributed by atoms with Gasteiger partial charge in [-0.2, -0.15) is 4.39 Å². The standard InChI is InChI=1S/C9H7F3INO2/c1-2-16-9(15)4-3-5(7(10)11)14-8(12)6(4)13/h3,7H,2H2,1H3. The highest BCUT2D eigenvalue weighted by molar-refractivity contribution is 14.1. The molecule has 0 saturated heterocycles. The Balaban J connectivity index is 3.21. The lowest BCUT2D eigenvalue weighted by atomic mass is 10.2. The Morgan fingerprint density at radius 3 is 2.75 bits per heavy atom. The lowest BCUT2D eigenvalue weighted by Gasteiger charge is -2.07. The SMILES string of the molecule is CCOC(=O)c1cc(C(F)F)nc(F)c1I. The normalized spacial score (nSPS) is 10.6. The molecule has 0 aliphatic carbocycles. The highest BCUT2D eigenvalue weighted by atomic mass is 127. The molecule has 7 heteroatoms. The van der Waals surface area contributed by atoms with Crippen LogP contribution in [0, 0.1) is 9.52 Å². The van der Waals surface area contributed by atoms with Crippen molar-refractivity contribution in [2.75, 3.05) is 6.61 Å². The molecule has 0 unspecified atom stereocenters. The molecule has 3 nitrogen and oxygen atoms in total. The Kier molecular flexibility index (Phi) is 4.51. The van der Waals surface area contributed by atoms with E-state index in [-0.39, 0.29) is 15.7 Å². The van der Waals surface area contributed by atoms with Crippen LogP contribution in [0.2, 0.25) is 0 Å². The van der Waals surface area contributed by atoms with Crippen LogP contribution in [-0.4, -0.2) is 17.6 Å². The molecule has 1 rings (SSSR count). The summed E-state index contributed by atoms with van der Waals surface area (Å²) in [5.41, 5.74) is -1.01. The number of rotatable bonds is 3. The van der Waals surface area contributed by atoms with Gasteiger partial charge in [0.2, 0.25) is 5.95 Å². The molecule has 1 heterocycles. The fourth-order valence-electron chi connectivity index (χ4n) is 0.986. The quantitative estimate of drug-likeness (QED) is 0.480. The Morgan fingerprint density at radius 1 is 1.62 bits per heavy atom. The third kappa shape index (κ3) is 2.83. The van der Waals surface area contributed by atoms with Crippen molar-refractivity contribution in [3.63, 3.8) is 0 Å². The molecule has 1 aromatic heterocycles. The van der Waals surface area contributed by atoms with E-state index in [9.17, 15) is 18.0 Å². The Morgan fingerprint density at radius 2 is 2.25 bits per heavy atom. The number of halogens is 4. The van der Waals surface area contributed by atoms with Crippen LogP contribution in [0.15, 0.2) is 6.07 Å². The van der Waals surface area contributed by atoms with E-state index < -0.39 is 24.0 Å². The summed E-state index contributed by atoms with van der Waals surface area (Å²) in [6.07, 6.45) is -2.93. The first kappa shape index (κ1) is 13.2. The zero-order valence-electron chi connectivity index (χ0n) is 8.14. The first-order chi connectivity index (χ1) is 7.47. The first-order valence-electron chi connectivity index (χ1n) is 4.28. The molecule has 0 amide bonds. The van der Waals surface area contributed by atoms with Crippen molar-refractivity contribution < 1.29 is 22.7 Å². The van der Waals surface area contributed by atoms with Gasteiger partial charge in [0.05, 0.1) is 15.7 Å². The molecule has 1 aromatic rings. The fraction of sp³-hybridized carbons (Fsp3) is 0.333. The summed E-state index contributed by atoms with van der Waals surface area (Å²) in [4.78, 5) is 14.4. The second-order valence-electron chi connectivity index (χ2n) is 2.72. The molecule has 0 aromatic carbocycles. The van der Waals surface area contributed by atoms with Crippen molar-refractivity contribution in [3.8, 4) is 0 Å². The van der Waals surface area contributed by atoms with Gasteiger partial charge in [0.1, 0.15) is 5.69 Å².